The van der Waals surface area contributed by atoms with Crippen molar-refractivity contribution in [3.05, 3.63) is 95.3 Å². The molecule has 4 rings (SSSR count). The summed E-state index contributed by atoms with van der Waals surface area (Å²) in [5, 5.41) is 2.04. The lowest BCUT2D eigenvalue weighted by Crippen LogP contribution is -2.06. The number of aryl methyl sites for hydroxylation is 1. The van der Waals surface area contributed by atoms with Gasteiger partial charge in [0.15, 0.2) is 0 Å². The van der Waals surface area contributed by atoms with Gasteiger partial charge in [0, 0.05) is 23.6 Å². The smallest absolute Gasteiger partial charge is 0.136 e. The van der Waals surface area contributed by atoms with Crippen molar-refractivity contribution in [2.24, 2.45) is 4.99 Å². The summed E-state index contributed by atoms with van der Waals surface area (Å²) in [7, 11) is 1.67. The summed E-state index contributed by atoms with van der Waals surface area (Å²) in [5.74, 6) is 1.64. The number of rotatable bonds is 6. The van der Waals surface area contributed by atoms with Crippen molar-refractivity contribution < 1.29 is 9.15 Å². The molecular weight excluding hydrogens is 358 g/mol. The van der Waals surface area contributed by atoms with E-state index in [0.717, 1.165) is 52.8 Å². The number of hydrogen-bond donors (Lipinski definition) is 0. The van der Waals surface area contributed by atoms with Gasteiger partial charge in [0.25, 0.3) is 0 Å². The minimum atomic E-state index is 0.738. The Bertz CT molecular complexity index is 1160. The molecule has 0 saturated carbocycles. The van der Waals surface area contributed by atoms with Gasteiger partial charge in [0.2, 0.25) is 0 Å². The SMILES string of the molecule is CCc1ccc2oc(-c3ccc(OC)cc3)cc(=NCCc3ccccc3)c2c1. The molecule has 0 radical (unpaired) electrons. The molecule has 0 aliphatic heterocycles. The van der Waals surface area contributed by atoms with E-state index in [9.17, 15) is 0 Å². The van der Waals surface area contributed by atoms with E-state index in [0.29, 0.717) is 0 Å². The highest BCUT2D eigenvalue weighted by Gasteiger charge is 2.07. The summed E-state index contributed by atoms with van der Waals surface area (Å²) in [6, 6.07) is 26.8. The second-order valence-electron chi connectivity index (χ2n) is 7.03. The summed E-state index contributed by atoms with van der Waals surface area (Å²) < 4.78 is 11.5. The summed E-state index contributed by atoms with van der Waals surface area (Å²) in [6.45, 7) is 2.90. The van der Waals surface area contributed by atoms with E-state index in [2.05, 4.69) is 55.5 Å². The maximum Gasteiger partial charge on any atom is 0.136 e. The molecule has 3 heteroatoms. The molecule has 0 aliphatic rings. The zero-order valence-electron chi connectivity index (χ0n) is 16.9. The van der Waals surface area contributed by atoms with Crippen LogP contribution in [0.5, 0.6) is 5.75 Å². The summed E-state index contributed by atoms with van der Waals surface area (Å²) in [5.41, 5.74) is 4.44. The average Bonchev–Trinajstić information content (AvgIpc) is 2.79. The molecule has 3 aromatic carbocycles. The van der Waals surface area contributed by atoms with Gasteiger partial charge in [0.1, 0.15) is 17.1 Å². The lowest BCUT2D eigenvalue weighted by Gasteiger charge is -2.07. The van der Waals surface area contributed by atoms with Crippen molar-refractivity contribution in [2.75, 3.05) is 13.7 Å². The van der Waals surface area contributed by atoms with Crippen molar-refractivity contribution in [1.29, 1.82) is 0 Å². The maximum absolute atomic E-state index is 6.23. The molecule has 0 amide bonds. The fraction of sp³-hybridized carbons (Fsp3) is 0.192. The van der Waals surface area contributed by atoms with Crippen molar-refractivity contribution in [2.45, 2.75) is 19.8 Å². The van der Waals surface area contributed by atoms with Gasteiger partial charge in [-0.05, 0) is 60.4 Å². The van der Waals surface area contributed by atoms with Gasteiger partial charge >= 0.3 is 0 Å². The molecular formula is C26H25NO2. The van der Waals surface area contributed by atoms with E-state index < -0.39 is 0 Å². The van der Waals surface area contributed by atoms with Crippen LogP contribution in [0, 0.1) is 0 Å². The third kappa shape index (κ3) is 4.40. The molecule has 4 aromatic rings. The monoisotopic (exact) mass is 383 g/mol. The number of fused-ring (bicyclic) bond motifs is 1. The second-order valence-corrected chi connectivity index (χ2v) is 7.03. The Morgan fingerprint density at radius 3 is 2.38 bits per heavy atom. The van der Waals surface area contributed by atoms with Crippen molar-refractivity contribution in [3.63, 3.8) is 0 Å². The number of ether oxygens (including phenoxy) is 1. The quantitative estimate of drug-likeness (QED) is 0.421. The Balaban J connectivity index is 1.77. The van der Waals surface area contributed by atoms with Crippen LogP contribution in [-0.4, -0.2) is 13.7 Å². The average molecular weight is 383 g/mol. The highest BCUT2D eigenvalue weighted by Crippen LogP contribution is 2.25. The van der Waals surface area contributed by atoms with Crippen molar-refractivity contribution in [3.8, 4) is 17.1 Å². The Kier molecular flexibility index (Phi) is 5.76. The standard InChI is InChI=1S/C26H25NO2/c1-3-19-9-14-25-23(17-19)24(27-16-15-20-7-5-4-6-8-20)18-26(29-25)21-10-12-22(28-2)13-11-21/h4-14,17-18H,3,15-16H2,1-2H3. The molecule has 0 fully saturated rings. The third-order valence-electron chi connectivity index (χ3n) is 5.12. The first-order chi connectivity index (χ1) is 14.3. The fourth-order valence-corrected chi connectivity index (χ4v) is 3.41. The van der Waals surface area contributed by atoms with Gasteiger partial charge in [0.05, 0.1) is 12.5 Å². The zero-order valence-corrected chi connectivity index (χ0v) is 16.9. The van der Waals surface area contributed by atoms with Gasteiger partial charge in [-0.3, -0.25) is 4.99 Å². The van der Waals surface area contributed by atoms with Crippen molar-refractivity contribution >= 4 is 11.0 Å². The van der Waals surface area contributed by atoms with Crippen molar-refractivity contribution in [1.82, 2.24) is 0 Å². The molecule has 29 heavy (non-hydrogen) atoms. The largest absolute Gasteiger partial charge is 0.497 e. The molecule has 1 heterocycles. The van der Waals surface area contributed by atoms with E-state index >= 15 is 0 Å². The normalized spacial score (nSPS) is 11.7. The predicted molar refractivity (Wildman–Crippen MR) is 118 cm³/mol. The number of methoxy groups -OCH3 is 1. The summed E-state index contributed by atoms with van der Waals surface area (Å²) in [4.78, 5) is 4.94. The van der Waals surface area contributed by atoms with Crippen LogP contribution in [0.2, 0.25) is 0 Å². The molecule has 3 nitrogen and oxygen atoms in total. The molecule has 0 saturated heterocycles. The van der Waals surface area contributed by atoms with E-state index in [1.54, 1.807) is 7.11 Å². The second kappa shape index (κ2) is 8.78. The van der Waals surface area contributed by atoms with Gasteiger partial charge in [-0.15, -0.1) is 0 Å². The Labute approximate surface area is 171 Å². The molecule has 0 bridgehead atoms. The summed E-state index contributed by atoms with van der Waals surface area (Å²) in [6.07, 6.45) is 1.90. The predicted octanol–water partition coefficient (Wildman–Crippen LogP) is 5.81. The molecule has 146 valence electrons. The van der Waals surface area contributed by atoms with E-state index in [1.807, 2.05) is 30.3 Å². The van der Waals surface area contributed by atoms with Gasteiger partial charge < -0.3 is 9.15 Å². The van der Waals surface area contributed by atoms with Crippen LogP contribution in [-0.2, 0) is 12.8 Å². The highest BCUT2D eigenvalue weighted by molar-refractivity contribution is 5.79. The van der Waals surface area contributed by atoms with Gasteiger partial charge in [-0.2, -0.15) is 0 Å². The first-order valence-electron chi connectivity index (χ1n) is 10.0. The van der Waals surface area contributed by atoms with Gasteiger partial charge in [-0.25, -0.2) is 0 Å². The first-order valence-corrected chi connectivity index (χ1v) is 10.0. The lowest BCUT2D eigenvalue weighted by atomic mass is 10.1. The van der Waals surface area contributed by atoms with Crippen LogP contribution in [0.3, 0.4) is 0 Å². The van der Waals surface area contributed by atoms with Crippen LogP contribution >= 0.6 is 0 Å². The number of nitrogens with zero attached hydrogens (tertiary/aromatic N) is 1. The van der Waals surface area contributed by atoms with E-state index in [-0.39, 0.29) is 0 Å². The van der Waals surface area contributed by atoms with Crippen LogP contribution in [0.15, 0.2) is 88.3 Å². The summed E-state index contributed by atoms with van der Waals surface area (Å²) >= 11 is 0. The van der Waals surface area contributed by atoms with Crippen LogP contribution in [0.25, 0.3) is 22.3 Å². The first kappa shape index (κ1) is 19.0. The fourth-order valence-electron chi connectivity index (χ4n) is 3.41. The topological polar surface area (TPSA) is 34.7 Å². The Hall–Kier alpha value is -3.33. The molecule has 0 aliphatic carbocycles. The minimum absolute atomic E-state index is 0.738. The van der Waals surface area contributed by atoms with Crippen LogP contribution < -0.4 is 10.1 Å². The lowest BCUT2D eigenvalue weighted by molar-refractivity contribution is 0.415. The molecule has 0 N–H and O–H groups in total. The minimum Gasteiger partial charge on any atom is -0.497 e. The van der Waals surface area contributed by atoms with E-state index in [1.165, 1.54) is 11.1 Å². The number of hydrogen-bond acceptors (Lipinski definition) is 3. The molecule has 0 spiro atoms. The Morgan fingerprint density at radius 2 is 1.66 bits per heavy atom. The molecule has 0 atom stereocenters. The van der Waals surface area contributed by atoms with Crippen LogP contribution in [0.4, 0.5) is 0 Å². The van der Waals surface area contributed by atoms with Gasteiger partial charge in [-0.1, -0.05) is 43.3 Å². The number of benzene rings is 3. The van der Waals surface area contributed by atoms with Crippen LogP contribution in [0.1, 0.15) is 18.1 Å². The maximum atomic E-state index is 6.23. The molecule has 1 aromatic heterocycles. The zero-order chi connectivity index (χ0) is 20.1. The molecule has 0 unspecified atom stereocenters. The third-order valence-corrected chi connectivity index (χ3v) is 5.12. The van der Waals surface area contributed by atoms with E-state index in [4.69, 9.17) is 14.1 Å². The highest BCUT2D eigenvalue weighted by atomic mass is 16.5. The Morgan fingerprint density at radius 1 is 0.862 bits per heavy atom.